The Balaban J connectivity index is 1.99. The average Bonchev–Trinajstić information content (AvgIpc) is 2.98. The van der Waals surface area contributed by atoms with Gasteiger partial charge in [0.2, 0.25) is 0 Å². The van der Waals surface area contributed by atoms with E-state index in [0.29, 0.717) is 5.56 Å². The summed E-state index contributed by atoms with van der Waals surface area (Å²) >= 11 is 0. The van der Waals surface area contributed by atoms with Gasteiger partial charge in [-0.25, -0.2) is 12.8 Å². The lowest BCUT2D eigenvalue weighted by molar-refractivity contribution is -0.385. The summed E-state index contributed by atoms with van der Waals surface area (Å²) in [6.07, 6.45) is 0.240. The first kappa shape index (κ1) is 19.0. The van der Waals surface area contributed by atoms with Crippen molar-refractivity contribution in [1.82, 2.24) is 4.90 Å². The number of halogens is 1. The van der Waals surface area contributed by atoms with Crippen molar-refractivity contribution in [3.05, 3.63) is 75.6 Å². The summed E-state index contributed by atoms with van der Waals surface area (Å²) in [5.74, 6) is -1.39. The molecule has 0 bridgehead atoms. The van der Waals surface area contributed by atoms with Gasteiger partial charge in [-0.1, -0.05) is 24.3 Å². The molecule has 27 heavy (non-hydrogen) atoms. The van der Waals surface area contributed by atoms with Crippen LogP contribution in [-0.2, 0) is 16.4 Å². The summed E-state index contributed by atoms with van der Waals surface area (Å²) in [4.78, 5) is 25.0. The Morgan fingerprint density at radius 3 is 2.59 bits per heavy atom. The Morgan fingerprint density at radius 1 is 1.22 bits per heavy atom. The van der Waals surface area contributed by atoms with E-state index in [0.717, 1.165) is 0 Å². The zero-order valence-corrected chi connectivity index (χ0v) is 15.1. The van der Waals surface area contributed by atoms with Crippen LogP contribution in [0.25, 0.3) is 0 Å². The Labute approximate surface area is 155 Å². The molecule has 0 spiro atoms. The molecular formula is C18H17FN2O5S. The van der Waals surface area contributed by atoms with Gasteiger partial charge in [-0.05, 0) is 30.2 Å². The van der Waals surface area contributed by atoms with Crippen molar-refractivity contribution < 1.29 is 22.5 Å². The number of para-hydroxylation sites is 1. The highest BCUT2D eigenvalue weighted by molar-refractivity contribution is 7.91. The Morgan fingerprint density at radius 2 is 1.96 bits per heavy atom. The number of hydrogen-bond donors (Lipinski definition) is 0. The molecule has 0 radical (unpaired) electrons. The predicted octanol–water partition coefficient (Wildman–Crippen LogP) is 2.56. The van der Waals surface area contributed by atoms with Crippen LogP contribution in [0.2, 0.25) is 0 Å². The number of rotatable bonds is 5. The molecule has 1 amide bonds. The molecule has 2 aromatic carbocycles. The average molecular weight is 392 g/mol. The molecule has 3 rings (SSSR count). The van der Waals surface area contributed by atoms with Crippen LogP contribution in [0.15, 0.2) is 48.5 Å². The van der Waals surface area contributed by atoms with E-state index in [1.54, 1.807) is 6.07 Å². The first-order chi connectivity index (χ1) is 12.8. The molecule has 1 aliphatic rings. The van der Waals surface area contributed by atoms with E-state index in [4.69, 9.17) is 0 Å². The molecule has 1 heterocycles. The largest absolute Gasteiger partial charge is 0.330 e. The van der Waals surface area contributed by atoms with Crippen LogP contribution < -0.4 is 0 Å². The van der Waals surface area contributed by atoms with Gasteiger partial charge in [-0.15, -0.1) is 0 Å². The normalized spacial score (nSPS) is 18.2. The third-order valence-corrected chi connectivity index (χ3v) is 6.23. The van der Waals surface area contributed by atoms with Crippen LogP contribution in [0.4, 0.5) is 10.1 Å². The number of carbonyl (C=O) groups excluding carboxylic acids is 1. The van der Waals surface area contributed by atoms with Crippen molar-refractivity contribution in [2.45, 2.75) is 19.0 Å². The molecule has 0 aromatic heterocycles. The molecule has 1 atom stereocenters. The molecule has 9 heteroatoms. The monoisotopic (exact) mass is 392 g/mol. The zero-order valence-electron chi connectivity index (χ0n) is 14.2. The third-order valence-electron chi connectivity index (χ3n) is 4.48. The number of amides is 1. The lowest BCUT2D eigenvalue weighted by Crippen LogP contribution is -2.40. The predicted molar refractivity (Wildman–Crippen MR) is 96.4 cm³/mol. The fourth-order valence-electron chi connectivity index (χ4n) is 3.19. The smallest absolute Gasteiger partial charge is 0.282 e. The van der Waals surface area contributed by atoms with Crippen molar-refractivity contribution in [3.63, 3.8) is 0 Å². The van der Waals surface area contributed by atoms with Crippen molar-refractivity contribution >= 4 is 21.4 Å². The standard InChI is InChI=1S/C18H17FN2O5S/c19-14-5-3-4-13(10-14)11-20(15-8-9-27(25,26)12-15)18(22)16-6-1-2-7-17(16)21(23)24/h1-7,10,15H,8-9,11-12H2/t15-/m0/s1. The van der Waals surface area contributed by atoms with Crippen molar-refractivity contribution in [2.24, 2.45) is 0 Å². The summed E-state index contributed by atoms with van der Waals surface area (Å²) in [5.41, 5.74) is 0.00188. The van der Waals surface area contributed by atoms with Gasteiger partial charge in [0.1, 0.15) is 11.4 Å². The summed E-state index contributed by atoms with van der Waals surface area (Å²) < 4.78 is 37.3. The van der Waals surface area contributed by atoms with E-state index in [2.05, 4.69) is 0 Å². The van der Waals surface area contributed by atoms with E-state index in [9.17, 15) is 27.7 Å². The summed E-state index contributed by atoms with van der Waals surface area (Å²) in [6.45, 7) is -0.0389. The summed E-state index contributed by atoms with van der Waals surface area (Å²) in [6, 6.07) is 10.5. The van der Waals surface area contributed by atoms with Crippen LogP contribution in [0.5, 0.6) is 0 Å². The highest BCUT2D eigenvalue weighted by Crippen LogP contribution is 2.26. The molecule has 1 fully saturated rings. The molecule has 7 nitrogen and oxygen atoms in total. The fourth-order valence-corrected chi connectivity index (χ4v) is 4.92. The fraction of sp³-hybridized carbons (Fsp3) is 0.278. The SMILES string of the molecule is O=C(c1ccccc1[N+](=O)[O-])N(Cc1cccc(F)c1)[C@H]1CCS(=O)(=O)C1. The van der Waals surface area contributed by atoms with Gasteiger partial charge < -0.3 is 4.90 Å². The van der Waals surface area contributed by atoms with Crippen LogP contribution >= 0.6 is 0 Å². The van der Waals surface area contributed by atoms with Gasteiger partial charge in [-0.3, -0.25) is 14.9 Å². The van der Waals surface area contributed by atoms with Gasteiger partial charge in [0.15, 0.2) is 9.84 Å². The minimum Gasteiger partial charge on any atom is -0.330 e. The molecule has 0 aliphatic carbocycles. The van der Waals surface area contributed by atoms with Gasteiger partial charge in [0.05, 0.1) is 16.4 Å². The molecular weight excluding hydrogens is 375 g/mol. The zero-order chi connectivity index (χ0) is 19.6. The Bertz CT molecular complexity index is 993. The van der Waals surface area contributed by atoms with Gasteiger partial charge >= 0.3 is 0 Å². The molecule has 0 unspecified atom stereocenters. The second-order valence-electron chi connectivity index (χ2n) is 6.39. The van der Waals surface area contributed by atoms with Crippen molar-refractivity contribution in [3.8, 4) is 0 Å². The lowest BCUT2D eigenvalue weighted by atomic mass is 10.1. The van der Waals surface area contributed by atoms with Gasteiger partial charge in [-0.2, -0.15) is 0 Å². The maximum atomic E-state index is 13.5. The Kier molecular flexibility index (Phi) is 5.22. The Hall–Kier alpha value is -2.81. The van der Waals surface area contributed by atoms with Crippen LogP contribution in [0.3, 0.4) is 0 Å². The number of nitro groups is 1. The van der Waals surface area contributed by atoms with Crippen molar-refractivity contribution in [1.29, 1.82) is 0 Å². The summed E-state index contributed by atoms with van der Waals surface area (Å²) in [5, 5.41) is 11.3. The van der Waals surface area contributed by atoms with Gasteiger partial charge in [0.25, 0.3) is 11.6 Å². The third kappa shape index (κ3) is 4.30. The number of benzene rings is 2. The van der Waals surface area contributed by atoms with E-state index in [-0.39, 0.29) is 35.7 Å². The number of sulfone groups is 1. The second-order valence-corrected chi connectivity index (χ2v) is 8.62. The highest BCUT2D eigenvalue weighted by atomic mass is 32.2. The maximum Gasteiger partial charge on any atom is 0.282 e. The highest BCUT2D eigenvalue weighted by Gasteiger charge is 2.36. The quantitative estimate of drug-likeness (QED) is 0.575. The first-order valence-electron chi connectivity index (χ1n) is 8.26. The molecule has 1 aliphatic heterocycles. The summed E-state index contributed by atoms with van der Waals surface area (Å²) in [7, 11) is -3.28. The van der Waals surface area contributed by atoms with Crippen LogP contribution in [0, 0.1) is 15.9 Å². The van der Waals surface area contributed by atoms with Crippen molar-refractivity contribution in [2.75, 3.05) is 11.5 Å². The van der Waals surface area contributed by atoms with E-state index >= 15 is 0 Å². The number of nitrogens with zero attached hydrogens (tertiary/aromatic N) is 2. The molecule has 2 aromatic rings. The number of hydrogen-bond acceptors (Lipinski definition) is 5. The van der Waals surface area contributed by atoms with E-state index < -0.39 is 32.5 Å². The molecule has 0 N–H and O–H groups in total. The minimum absolute atomic E-state index is 0.0389. The second kappa shape index (κ2) is 7.43. The number of nitro benzene ring substituents is 1. The van der Waals surface area contributed by atoms with E-state index in [1.807, 2.05) is 0 Å². The van der Waals surface area contributed by atoms with Gasteiger partial charge in [0, 0.05) is 18.7 Å². The number of carbonyl (C=O) groups is 1. The van der Waals surface area contributed by atoms with E-state index in [1.165, 1.54) is 47.4 Å². The minimum atomic E-state index is -3.28. The molecule has 1 saturated heterocycles. The lowest BCUT2D eigenvalue weighted by Gasteiger charge is -2.28. The molecule has 142 valence electrons. The van der Waals surface area contributed by atoms with Crippen LogP contribution in [0.1, 0.15) is 22.3 Å². The maximum absolute atomic E-state index is 13.5. The topological polar surface area (TPSA) is 97.6 Å². The molecule has 0 saturated carbocycles. The van der Waals surface area contributed by atoms with Crippen LogP contribution in [-0.4, -0.2) is 41.7 Å². The first-order valence-corrected chi connectivity index (χ1v) is 10.1.